The molecular formula is C16H19N3OS. The lowest BCUT2D eigenvalue weighted by atomic mass is 10.1. The molecular weight excluding hydrogens is 282 g/mol. The fraction of sp³-hybridized carbons (Fsp3) is 0.312. The van der Waals surface area contributed by atoms with E-state index in [-0.39, 0.29) is 5.91 Å². The number of carbonyl (C=O) groups is 1. The Bertz CT molecular complexity index is 665. The summed E-state index contributed by atoms with van der Waals surface area (Å²) in [5, 5.41) is 5.09. The molecule has 1 aliphatic rings. The van der Waals surface area contributed by atoms with E-state index in [0.717, 1.165) is 30.8 Å². The summed E-state index contributed by atoms with van der Waals surface area (Å²) in [6, 6.07) is 7.73. The number of nitrogens with two attached hydrogens (primary N) is 1. The number of hydrogen-bond donors (Lipinski definition) is 2. The average Bonchev–Trinajstić information content (AvgIpc) is 2.90. The van der Waals surface area contributed by atoms with E-state index >= 15 is 0 Å². The highest BCUT2D eigenvalue weighted by Gasteiger charge is 2.19. The number of hydrogen-bond acceptors (Lipinski definition) is 4. The Morgan fingerprint density at radius 3 is 3.14 bits per heavy atom. The molecule has 2 aromatic rings. The third kappa shape index (κ3) is 3.25. The number of amides is 1. The summed E-state index contributed by atoms with van der Waals surface area (Å²) in [4.78, 5) is 15.8. The summed E-state index contributed by atoms with van der Waals surface area (Å²) in [7, 11) is 0. The topological polar surface area (TPSA) is 58.4 Å². The molecule has 1 amide bonds. The standard InChI is InChI=1S/C16H19N3OS/c1-11-2-3-13(17)8-14(11)18-16(20)10-19-6-4-15-12(9-19)5-7-21-15/h2-3,5,7-8H,4,6,9-10,17H2,1H3,(H,18,20). The zero-order valence-electron chi connectivity index (χ0n) is 12.1. The molecule has 110 valence electrons. The summed E-state index contributed by atoms with van der Waals surface area (Å²) in [5.74, 6) is 0.0161. The van der Waals surface area contributed by atoms with Crippen molar-refractivity contribution < 1.29 is 4.79 Å². The number of nitrogens with zero attached hydrogens (tertiary/aromatic N) is 1. The van der Waals surface area contributed by atoms with Crippen LogP contribution in [-0.4, -0.2) is 23.9 Å². The highest BCUT2D eigenvalue weighted by atomic mass is 32.1. The van der Waals surface area contributed by atoms with Gasteiger partial charge in [0, 0.05) is 29.3 Å². The number of nitrogens with one attached hydrogen (secondary N) is 1. The number of carbonyl (C=O) groups excluding carboxylic acids is 1. The minimum absolute atomic E-state index is 0.0161. The van der Waals surface area contributed by atoms with Crippen LogP contribution >= 0.6 is 11.3 Å². The van der Waals surface area contributed by atoms with E-state index in [4.69, 9.17) is 5.73 Å². The van der Waals surface area contributed by atoms with E-state index in [0.29, 0.717) is 12.2 Å². The van der Waals surface area contributed by atoms with E-state index in [2.05, 4.69) is 21.7 Å². The van der Waals surface area contributed by atoms with Crippen LogP contribution in [-0.2, 0) is 17.8 Å². The molecule has 21 heavy (non-hydrogen) atoms. The third-order valence-corrected chi connectivity index (χ3v) is 4.81. The summed E-state index contributed by atoms with van der Waals surface area (Å²) < 4.78 is 0. The minimum atomic E-state index is 0.0161. The van der Waals surface area contributed by atoms with Crippen molar-refractivity contribution >= 4 is 28.6 Å². The third-order valence-electron chi connectivity index (χ3n) is 3.79. The summed E-state index contributed by atoms with van der Waals surface area (Å²) >= 11 is 1.81. The predicted octanol–water partition coefficient (Wildman–Crippen LogP) is 2.64. The molecule has 2 heterocycles. The zero-order valence-corrected chi connectivity index (χ0v) is 12.9. The smallest absolute Gasteiger partial charge is 0.238 e. The monoisotopic (exact) mass is 301 g/mol. The fourth-order valence-corrected chi connectivity index (χ4v) is 3.50. The SMILES string of the molecule is Cc1ccc(N)cc1NC(=O)CN1CCc2sccc2C1. The average molecular weight is 301 g/mol. The summed E-state index contributed by atoms with van der Waals surface area (Å²) in [6.45, 7) is 4.19. The van der Waals surface area contributed by atoms with Crippen LogP contribution in [0.3, 0.4) is 0 Å². The number of benzene rings is 1. The molecule has 0 aliphatic carbocycles. The van der Waals surface area contributed by atoms with Gasteiger partial charge in [-0.2, -0.15) is 0 Å². The van der Waals surface area contributed by atoms with Crippen molar-refractivity contribution in [3.8, 4) is 0 Å². The molecule has 0 radical (unpaired) electrons. The lowest BCUT2D eigenvalue weighted by Crippen LogP contribution is -2.36. The molecule has 0 spiro atoms. The molecule has 4 nitrogen and oxygen atoms in total. The molecule has 3 N–H and O–H groups in total. The van der Waals surface area contributed by atoms with Crippen molar-refractivity contribution in [2.75, 3.05) is 24.1 Å². The Morgan fingerprint density at radius 1 is 1.43 bits per heavy atom. The molecule has 5 heteroatoms. The molecule has 0 fully saturated rings. The molecule has 0 saturated carbocycles. The lowest BCUT2D eigenvalue weighted by molar-refractivity contribution is -0.117. The number of thiophene rings is 1. The van der Waals surface area contributed by atoms with Gasteiger partial charge in [-0.1, -0.05) is 6.07 Å². The second-order valence-corrected chi connectivity index (χ2v) is 6.45. The van der Waals surface area contributed by atoms with Crippen LogP contribution in [0.5, 0.6) is 0 Å². The van der Waals surface area contributed by atoms with Gasteiger partial charge in [0.05, 0.1) is 6.54 Å². The van der Waals surface area contributed by atoms with Crippen LogP contribution < -0.4 is 11.1 Å². The number of anilines is 2. The molecule has 0 bridgehead atoms. The van der Waals surface area contributed by atoms with Crippen molar-refractivity contribution in [2.24, 2.45) is 0 Å². The quantitative estimate of drug-likeness (QED) is 0.857. The Balaban J connectivity index is 1.61. The van der Waals surface area contributed by atoms with Gasteiger partial charge in [-0.25, -0.2) is 0 Å². The second-order valence-electron chi connectivity index (χ2n) is 5.45. The van der Waals surface area contributed by atoms with Crippen molar-refractivity contribution in [3.05, 3.63) is 45.6 Å². The predicted molar refractivity (Wildman–Crippen MR) is 87.5 cm³/mol. The first-order valence-electron chi connectivity index (χ1n) is 7.05. The number of aryl methyl sites for hydroxylation is 1. The van der Waals surface area contributed by atoms with Gasteiger partial charge in [-0.3, -0.25) is 9.69 Å². The van der Waals surface area contributed by atoms with Crippen LogP contribution in [0.1, 0.15) is 16.0 Å². The van der Waals surface area contributed by atoms with Crippen LogP contribution in [0.25, 0.3) is 0 Å². The van der Waals surface area contributed by atoms with Gasteiger partial charge in [0.2, 0.25) is 5.91 Å². The Hall–Kier alpha value is -1.85. The molecule has 0 saturated heterocycles. The first kappa shape index (κ1) is 14.1. The maximum absolute atomic E-state index is 12.2. The highest BCUT2D eigenvalue weighted by Crippen LogP contribution is 2.24. The van der Waals surface area contributed by atoms with Gasteiger partial charge in [0.25, 0.3) is 0 Å². The van der Waals surface area contributed by atoms with Gasteiger partial charge >= 0.3 is 0 Å². The lowest BCUT2D eigenvalue weighted by Gasteiger charge is -2.26. The van der Waals surface area contributed by atoms with E-state index in [1.54, 1.807) is 6.07 Å². The van der Waals surface area contributed by atoms with Crippen molar-refractivity contribution in [3.63, 3.8) is 0 Å². The fourth-order valence-electron chi connectivity index (χ4n) is 2.61. The second kappa shape index (κ2) is 5.87. The van der Waals surface area contributed by atoms with Crippen molar-refractivity contribution in [1.82, 2.24) is 4.90 Å². The van der Waals surface area contributed by atoms with Crippen LogP contribution in [0.2, 0.25) is 0 Å². The van der Waals surface area contributed by atoms with E-state index in [9.17, 15) is 4.79 Å². The van der Waals surface area contributed by atoms with Crippen LogP contribution in [0.15, 0.2) is 29.6 Å². The molecule has 3 rings (SSSR count). The number of fused-ring (bicyclic) bond motifs is 1. The van der Waals surface area contributed by atoms with Gasteiger partial charge in [0.15, 0.2) is 0 Å². The van der Waals surface area contributed by atoms with Crippen LogP contribution in [0, 0.1) is 6.92 Å². The largest absolute Gasteiger partial charge is 0.399 e. The van der Waals surface area contributed by atoms with Gasteiger partial charge in [-0.15, -0.1) is 11.3 Å². The Morgan fingerprint density at radius 2 is 2.29 bits per heavy atom. The highest BCUT2D eigenvalue weighted by molar-refractivity contribution is 7.10. The summed E-state index contributed by atoms with van der Waals surface area (Å²) in [6.07, 6.45) is 1.04. The van der Waals surface area contributed by atoms with E-state index < -0.39 is 0 Å². The van der Waals surface area contributed by atoms with Crippen molar-refractivity contribution in [2.45, 2.75) is 19.9 Å². The molecule has 0 atom stereocenters. The summed E-state index contributed by atoms with van der Waals surface area (Å²) in [5.41, 5.74) is 9.62. The normalized spacial score (nSPS) is 14.7. The van der Waals surface area contributed by atoms with E-state index in [1.165, 1.54) is 10.4 Å². The molecule has 1 aromatic heterocycles. The Kier molecular flexibility index (Phi) is 3.94. The number of rotatable bonds is 3. The molecule has 0 unspecified atom stereocenters. The molecule has 1 aliphatic heterocycles. The number of nitrogen functional groups attached to an aromatic ring is 1. The van der Waals surface area contributed by atoms with Gasteiger partial charge in [-0.05, 0) is 48.1 Å². The maximum Gasteiger partial charge on any atom is 0.238 e. The first-order valence-corrected chi connectivity index (χ1v) is 7.93. The first-order chi connectivity index (χ1) is 10.1. The van der Waals surface area contributed by atoms with E-state index in [1.807, 2.05) is 30.4 Å². The minimum Gasteiger partial charge on any atom is -0.399 e. The van der Waals surface area contributed by atoms with Gasteiger partial charge in [0.1, 0.15) is 0 Å². The molecule has 1 aromatic carbocycles. The maximum atomic E-state index is 12.2. The Labute approximate surface area is 128 Å². The zero-order chi connectivity index (χ0) is 14.8. The van der Waals surface area contributed by atoms with Crippen LogP contribution in [0.4, 0.5) is 11.4 Å². The van der Waals surface area contributed by atoms with Crippen molar-refractivity contribution in [1.29, 1.82) is 0 Å². The van der Waals surface area contributed by atoms with Gasteiger partial charge < -0.3 is 11.1 Å².